The molecular weight excluding hydrogens is 405 g/mol. The van der Waals surface area contributed by atoms with Crippen molar-refractivity contribution in [3.05, 3.63) is 20.7 Å². The Kier molecular flexibility index (Phi) is 5.43. The van der Waals surface area contributed by atoms with Crippen LogP contribution in [-0.4, -0.2) is 27.1 Å². The molecule has 2 rings (SSSR count). The Balaban J connectivity index is 2.47. The van der Waals surface area contributed by atoms with Gasteiger partial charge in [0.05, 0.1) is 18.4 Å². The largest absolute Gasteiger partial charge is 0.466 e. The van der Waals surface area contributed by atoms with Crippen molar-refractivity contribution in [2.75, 3.05) is 6.61 Å². The van der Waals surface area contributed by atoms with Crippen LogP contribution in [0.2, 0.25) is 5.15 Å². The van der Waals surface area contributed by atoms with Crippen LogP contribution in [0.15, 0.2) is 6.33 Å². The third-order valence-corrected chi connectivity index (χ3v) is 4.61. The lowest BCUT2D eigenvalue weighted by Crippen LogP contribution is -2.11. The minimum atomic E-state index is -0.189. The van der Waals surface area contributed by atoms with E-state index in [4.69, 9.17) is 16.3 Å². The van der Waals surface area contributed by atoms with Gasteiger partial charge in [0.2, 0.25) is 0 Å². The first-order chi connectivity index (χ1) is 9.97. The van der Waals surface area contributed by atoms with Crippen molar-refractivity contribution in [3.63, 3.8) is 0 Å². The highest BCUT2D eigenvalue weighted by atomic mass is 127. The van der Waals surface area contributed by atoms with Gasteiger partial charge >= 0.3 is 5.97 Å². The lowest BCUT2D eigenvalue weighted by molar-refractivity contribution is -0.143. The average Bonchev–Trinajstić information content (AvgIpc) is 2.71. The zero-order valence-corrected chi connectivity index (χ0v) is 15.1. The highest BCUT2D eigenvalue weighted by Gasteiger charge is 2.21. The molecule has 0 atom stereocenters. The van der Waals surface area contributed by atoms with Crippen molar-refractivity contribution in [1.82, 2.24) is 14.5 Å². The molecule has 0 amide bonds. The summed E-state index contributed by atoms with van der Waals surface area (Å²) in [5, 5.41) is 1.30. The van der Waals surface area contributed by atoms with Crippen LogP contribution in [0.3, 0.4) is 0 Å². The number of carbonyl (C=O) groups is 1. The van der Waals surface area contributed by atoms with Crippen LogP contribution in [0.1, 0.15) is 38.9 Å². The number of hydrogen-bond acceptors (Lipinski definition) is 4. The molecule has 7 heteroatoms. The van der Waals surface area contributed by atoms with Gasteiger partial charge in [0.15, 0.2) is 0 Å². The third kappa shape index (κ3) is 3.31. The van der Waals surface area contributed by atoms with E-state index in [-0.39, 0.29) is 12.0 Å². The molecule has 5 nitrogen and oxygen atoms in total. The Bertz CT molecular complexity index is 670. The number of carbonyl (C=O) groups excluding carboxylic acids is 1. The van der Waals surface area contributed by atoms with Crippen LogP contribution >= 0.6 is 34.2 Å². The average molecular weight is 422 g/mol. The summed E-state index contributed by atoms with van der Waals surface area (Å²) in [5.41, 5.74) is 1.87. The van der Waals surface area contributed by atoms with Gasteiger partial charge in [-0.05, 0) is 49.8 Å². The molecule has 0 saturated heterocycles. The first kappa shape index (κ1) is 16.5. The van der Waals surface area contributed by atoms with Gasteiger partial charge in [-0.2, -0.15) is 0 Å². The molecule has 0 aliphatic heterocycles. The van der Waals surface area contributed by atoms with Crippen molar-refractivity contribution in [1.29, 1.82) is 0 Å². The first-order valence-corrected chi connectivity index (χ1v) is 8.27. The molecular formula is C14H17ClIN3O2. The van der Waals surface area contributed by atoms with E-state index in [9.17, 15) is 4.79 Å². The van der Waals surface area contributed by atoms with Crippen LogP contribution in [0.5, 0.6) is 0 Å². The predicted molar refractivity (Wildman–Crippen MR) is 90.6 cm³/mol. The molecule has 0 spiro atoms. The third-order valence-electron chi connectivity index (χ3n) is 3.16. The Labute approximate surface area is 142 Å². The summed E-state index contributed by atoms with van der Waals surface area (Å²) in [6, 6.07) is 0.221. The molecule has 0 radical (unpaired) electrons. The summed E-state index contributed by atoms with van der Waals surface area (Å²) < 4.78 is 8.12. The highest BCUT2D eigenvalue weighted by molar-refractivity contribution is 14.1. The van der Waals surface area contributed by atoms with Gasteiger partial charge in [-0.3, -0.25) is 4.79 Å². The van der Waals surface area contributed by atoms with E-state index in [2.05, 4.69) is 51.0 Å². The van der Waals surface area contributed by atoms with E-state index in [0.29, 0.717) is 24.6 Å². The quantitative estimate of drug-likeness (QED) is 0.419. The Morgan fingerprint density at radius 2 is 2.19 bits per heavy atom. The van der Waals surface area contributed by atoms with Gasteiger partial charge in [-0.25, -0.2) is 9.97 Å². The van der Waals surface area contributed by atoms with Crippen LogP contribution < -0.4 is 0 Å². The molecule has 0 unspecified atom stereocenters. The number of halogens is 2. The second kappa shape index (κ2) is 6.91. The fourth-order valence-corrected chi connectivity index (χ4v) is 3.75. The van der Waals surface area contributed by atoms with E-state index >= 15 is 0 Å². The van der Waals surface area contributed by atoms with Crippen LogP contribution in [0, 0.1) is 3.57 Å². The molecule has 0 bridgehead atoms. The Morgan fingerprint density at radius 1 is 1.48 bits per heavy atom. The fourth-order valence-electron chi connectivity index (χ4n) is 2.34. The smallest absolute Gasteiger partial charge is 0.306 e. The van der Waals surface area contributed by atoms with Gasteiger partial charge in [-0.1, -0.05) is 11.6 Å². The molecule has 2 aromatic heterocycles. The molecule has 0 aliphatic rings. The molecule has 0 saturated carbocycles. The summed E-state index contributed by atoms with van der Waals surface area (Å²) >= 11 is 8.45. The Hall–Kier alpha value is -0.890. The van der Waals surface area contributed by atoms with Gasteiger partial charge < -0.3 is 9.30 Å². The Morgan fingerprint density at radius 3 is 2.81 bits per heavy atom. The van der Waals surface area contributed by atoms with E-state index in [1.165, 1.54) is 6.33 Å². The number of esters is 1. The zero-order valence-electron chi connectivity index (χ0n) is 12.2. The van der Waals surface area contributed by atoms with Crippen molar-refractivity contribution in [3.8, 4) is 0 Å². The summed E-state index contributed by atoms with van der Waals surface area (Å²) in [6.45, 7) is 6.38. The van der Waals surface area contributed by atoms with E-state index < -0.39 is 0 Å². The number of nitrogens with zero attached hydrogens (tertiary/aromatic N) is 3. The second-order valence-electron chi connectivity index (χ2n) is 4.89. The molecule has 21 heavy (non-hydrogen) atoms. The normalized spacial score (nSPS) is 11.3. The van der Waals surface area contributed by atoms with Crippen LogP contribution in [0.4, 0.5) is 0 Å². The zero-order chi connectivity index (χ0) is 15.6. The fraction of sp³-hybridized carbons (Fsp3) is 0.500. The van der Waals surface area contributed by atoms with Gasteiger partial charge in [0, 0.05) is 15.3 Å². The maximum absolute atomic E-state index is 11.6. The number of aromatic nitrogens is 3. The minimum Gasteiger partial charge on any atom is -0.466 e. The second-order valence-corrected chi connectivity index (χ2v) is 6.33. The van der Waals surface area contributed by atoms with E-state index in [0.717, 1.165) is 20.3 Å². The molecule has 2 aromatic rings. The van der Waals surface area contributed by atoms with Crippen molar-refractivity contribution in [2.45, 2.75) is 39.7 Å². The molecule has 0 N–H and O–H groups in total. The highest BCUT2D eigenvalue weighted by Crippen LogP contribution is 2.33. The van der Waals surface area contributed by atoms with Crippen molar-refractivity contribution < 1.29 is 9.53 Å². The number of hydrogen-bond donors (Lipinski definition) is 0. The number of rotatable bonds is 5. The van der Waals surface area contributed by atoms with Gasteiger partial charge in [0.1, 0.15) is 17.1 Å². The maximum Gasteiger partial charge on any atom is 0.306 e. The molecule has 2 heterocycles. The SMILES string of the molecule is CCOC(=O)CCc1c(I)c2c(Cl)ncnc2n1C(C)C. The predicted octanol–water partition coefficient (Wildman–Crippen LogP) is 3.77. The van der Waals surface area contributed by atoms with Gasteiger partial charge in [0.25, 0.3) is 0 Å². The first-order valence-electron chi connectivity index (χ1n) is 6.81. The number of fused-ring (bicyclic) bond motifs is 1. The summed E-state index contributed by atoms with van der Waals surface area (Å²) in [7, 11) is 0. The minimum absolute atomic E-state index is 0.189. The molecule has 0 fully saturated rings. The van der Waals surface area contributed by atoms with Crippen LogP contribution in [-0.2, 0) is 16.0 Å². The summed E-state index contributed by atoms with van der Waals surface area (Å²) in [6.07, 6.45) is 2.41. The summed E-state index contributed by atoms with van der Waals surface area (Å²) in [4.78, 5) is 20.0. The maximum atomic E-state index is 11.6. The van der Waals surface area contributed by atoms with E-state index in [1.807, 2.05) is 6.92 Å². The van der Waals surface area contributed by atoms with Crippen molar-refractivity contribution >= 4 is 51.2 Å². The molecule has 0 aromatic carbocycles. The van der Waals surface area contributed by atoms with E-state index in [1.54, 1.807) is 0 Å². The summed E-state index contributed by atoms with van der Waals surface area (Å²) in [5.74, 6) is -0.189. The number of ether oxygens (including phenoxy) is 1. The van der Waals surface area contributed by atoms with Crippen molar-refractivity contribution in [2.24, 2.45) is 0 Å². The topological polar surface area (TPSA) is 57.0 Å². The lowest BCUT2D eigenvalue weighted by Gasteiger charge is -2.14. The molecule has 114 valence electrons. The van der Waals surface area contributed by atoms with Gasteiger partial charge in [-0.15, -0.1) is 0 Å². The lowest BCUT2D eigenvalue weighted by atomic mass is 10.2. The standard InChI is InChI=1S/C14H17ClIN3O2/c1-4-21-10(20)6-5-9-12(16)11-13(15)17-7-18-14(11)19(9)8(2)3/h7-8H,4-6H2,1-3H3. The monoisotopic (exact) mass is 421 g/mol. The molecule has 0 aliphatic carbocycles. The van der Waals surface area contributed by atoms with Crippen LogP contribution in [0.25, 0.3) is 11.0 Å².